The molecule has 0 saturated heterocycles. The van der Waals surface area contributed by atoms with Crippen LogP contribution in [0.5, 0.6) is 11.5 Å². The number of carbonyl (C=O) groups is 2. The zero-order chi connectivity index (χ0) is 14.5. The Morgan fingerprint density at radius 1 is 1.05 bits per heavy atom. The lowest BCUT2D eigenvalue weighted by Crippen LogP contribution is -1.99. The van der Waals surface area contributed by atoms with Crippen LogP contribution in [0.25, 0.3) is 0 Å². The molecular weight excluding hydrogens is 256 g/mol. The van der Waals surface area contributed by atoms with Gasteiger partial charge in [0.1, 0.15) is 11.5 Å². The molecule has 0 atom stereocenters. The average Bonchev–Trinajstić information content (AvgIpc) is 2.39. The molecule has 1 N–H and O–H groups in total. The van der Waals surface area contributed by atoms with Crippen LogP contribution >= 0.6 is 0 Å². The molecule has 102 valence electrons. The van der Waals surface area contributed by atoms with Crippen molar-refractivity contribution in [2.45, 2.75) is 13.3 Å². The van der Waals surface area contributed by atoms with Crippen LogP contribution in [0.2, 0.25) is 0 Å². The maximum absolute atomic E-state index is 11.2. The Morgan fingerprint density at radius 2 is 1.75 bits per heavy atom. The number of carboxylic acid groups (broad SMARTS) is 1. The first-order chi connectivity index (χ1) is 9.54. The van der Waals surface area contributed by atoms with Gasteiger partial charge >= 0.3 is 5.97 Å². The monoisotopic (exact) mass is 270 g/mol. The predicted molar refractivity (Wildman–Crippen MR) is 74.3 cm³/mol. The topological polar surface area (TPSA) is 63.6 Å². The summed E-state index contributed by atoms with van der Waals surface area (Å²) in [5.74, 6) is 0.287. The number of ether oxygens (including phenoxy) is 1. The minimum absolute atomic E-state index is 0.00000514. The molecule has 0 aliphatic heterocycles. The molecule has 2 aromatic rings. The van der Waals surface area contributed by atoms with E-state index in [2.05, 4.69) is 0 Å². The zero-order valence-electron chi connectivity index (χ0n) is 11.0. The highest BCUT2D eigenvalue weighted by molar-refractivity contribution is 5.94. The lowest BCUT2D eigenvalue weighted by atomic mass is 10.1. The normalized spacial score (nSPS) is 10.1. The van der Waals surface area contributed by atoms with Gasteiger partial charge in [0.2, 0.25) is 0 Å². The molecule has 0 saturated carbocycles. The van der Waals surface area contributed by atoms with Gasteiger partial charge in [-0.1, -0.05) is 12.1 Å². The third kappa shape index (κ3) is 3.68. The van der Waals surface area contributed by atoms with E-state index < -0.39 is 5.97 Å². The van der Waals surface area contributed by atoms with Crippen LogP contribution in [-0.4, -0.2) is 16.9 Å². The van der Waals surface area contributed by atoms with Gasteiger partial charge in [-0.2, -0.15) is 0 Å². The van der Waals surface area contributed by atoms with Crippen molar-refractivity contribution in [2.75, 3.05) is 0 Å². The molecule has 0 aromatic heterocycles. The van der Waals surface area contributed by atoms with E-state index in [-0.39, 0.29) is 12.2 Å². The smallest absolute Gasteiger partial charge is 0.307 e. The van der Waals surface area contributed by atoms with Crippen LogP contribution < -0.4 is 4.74 Å². The van der Waals surface area contributed by atoms with Crippen molar-refractivity contribution in [2.24, 2.45) is 0 Å². The van der Waals surface area contributed by atoms with Gasteiger partial charge in [0.25, 0.3) is 0 Å². The van der Waals surface area contributed by atoms with Crippen molar-refractivity contribution in [3.05, 3.63) is 59.7 Å². The van der Waals surface area contributed by atoms with E-state index in [0.29, 0.717) is 22.6 Å². The fraction of sp³-hybridized carbons (Fsp3) is 0.125. The van der Waals surface area contributed by atoms with Crippen LogP contribution in [0.15, 0.2) is 48.5 Å². The Kier molecular flexibility index (Phi) is 4.15. The molecule has 0 heterocycles. The van der Waals surface area contributed by atoms with Crippen LogP contribution in [0.4, 0.5) is 0 Å². The van der Waals surface area contributed by atoms with Crippen molar-refractivity contribution in [1.29, 1.82) is 0 Å². The summed E-state index contributed by atoms with van der Waals surface area (Å²) in [6.45, 7) is 1.51. The maximum Gasteiger partial charge on any atom is 0.307 e. The standard InChI is InChI=1S/C16H14O4/c1-11(17)13-5-7-14(8-6-13)20-15-4-2-3-12(9-15)10-16(18)19/h2-9H,10H2,1H3,(H,18,19). The summed E-state index contributed by atoms with van der Waals surface area (Å²) in [4.78, 5) is 21.8. The maximum atomic E-state index is 11.2. The third-order valence-corrected chi connectivity index (χ3v) is 2.75. The van der Waals surface area contributed by atoms with E-state index >= 15 is 0 Å². The average molecular weight is 270 g/mol. The summed E-state index contributed by atoms with van der Waals surface area (Å²) in [5, 5.41) is 8.76. The molecule has 2 rings (SSSR count). The number of aliphatic carboxylic acids is 1. The first kappa shape index (κ1) is 13.8. The van der Waals surface area contributed by atoms with E-state index in [0.717, 1.165) is 0 Å². The predicted octanol–water partition coefficient (Wildman–Crippen LogP) is 3.31. The number of hydrogen-bond acceptors (Lipinski definition) is 3. The first-order valence-corrected chi connectivity index (χ1v) is 6.14. The molecule has 0 fully saturated rings. The third-order valence-electron chi connectivity index (χ3n) is 2.75. The number of carboxylic acids is 1. The lowest BCUT2D eigenvalue weighted by Gasteiger charge is -2.07. The minimum atomic E-state index is -0.882. The number of rotatable bonds is 5. The molecule has 20 heavy (non-hydrogen) atoms. The van der Waals surface area contributed by atoms with Gasteiger partial charge in [-0.05, 0) is 48.9 Å². The summed E-state index contributed by atoms with van der Waals surface area (Å²) in [7, 11) is 0. The summed E-state index contributed by atoms with van der Waals surface area (Å²) in [6, 6.07) is 13.7. The number of hydrogen-bond donors (Lipinski definition) is 1. The molecule has 4 heteroatoms. The van der Waals surface area contributed by atoms with E-state index in [1.54, 1.807) is 48.5 Å². The highest BCUT2D eigenvalue weighted by atomic mass is 16.5. The Bertz CT molecular complexity index is 629. The highest BCUT2D eigenvalue weighted by Gasteiger charge is 2.04. The Balaban J connectivity index is 2.13. The SMILES string of the molecule is CC(=O)c1ccc(Oc2cccc(CC(=O)O)c2)cc1. The van der Waals surface area contributed by atoms with E-state index in [1.165, 1.54) is 6.92 Å². The number of benzene rings is 2. The Morgan fingerprint density at radius 3 is 2.35 bits per heavy atom. The molecule has 0 amide bonds. The lowest BCUT2D eigenvalue weighted by molar-refractivity contribution is -0.136. The van der Waals surface area contributed by atoms with Gasteiger partial charge in [0, 0.05) is 5.56 Å². The summed E-state index contributed by atoms with van der Waals surface area (Å²) < 4.78 is 5.63. The van der Waals surface area contributed by atoms with Gasteiger partial charge in [-0.15, -0.1) is 0 Å². The molecule has 2 aromatic carbocycles. The second-order valence-electron chi connectivity index (χ2n) is 4.40. The van der Waals surface area contributed by atoms with Crippen molar-refractivity contribution in [3.63, 3.8) is 0 Å². The van der Waals surface area contributed by atoms with Crippen molar-refractivity contribution < 1.29 is 19.4 Å². The van der Waals surface area contributed by atoms with Crippen LogP contribution in [0.1, 0.15) is 22.8 Å². The fourth-order valence-corrected chi connectivity index (χ4v) is 1.79. The van der Waals surface area contributed by atoms with E-state index in [9.17, 15) is 9.59 Å². The molecule has 0 spiro atoms. The molecule has 0 aliphatic carbocycles. The fourth-order valence-electron chi connectivity index (χ4n) is 1.79. The molecule has 0 radical (unpaired) electrons. The largest absolute Gasteiger partial charge is 0.481 e. The zero-order valence-corrected chi connectivity index (χ0v) is 11.0. The van der Waals surface area contributed by atoms with E-state index in [1.807, 2.05) is 0 Å². The van der Waals surface area contributed by atoms with Gasteiger partial charge < -0.3 is 9.84 Å². The van der Waals surface area contributed by atoms with Gasteiger partial charge in [-0.3, -0.25) is 9.59 Å². The van der Waals surface area contributed by atoms with Gasteiger partial charge in [0.15, 0.2) is 5.78 Å². The number of carbonyl (C=O) groups excluding carboxylic acids is 1. The first-order valence-electron chi connectivity index (χ1n) is 6.14. The summed E-state index contributed by atoms with van der Waals surface area (Å²) in [6.07, 6.45) is -0.0412. The molecule has 0 bridgehead atoms. The Labute approximate surface area is 116 Å². The summed E-state index contributed by atoms with van der Waals surface area (Å²) >= 11 is 0. The number of Topliss-reactive ketones (excluding diaryl/α,β-unsaturated/α-hetero) is 1. The second kappa shape index (κ2) is 6.02. The Hall–Kier alpha value is -2.62. The van der Waals surface area contributed by atoms with Crippen molar-refractivity contribution in [1.82, 2.24) is 0 Å². The quantitative estimate of drug-likeness (QED) is 0.846. The molecule has 4 nitrogen and oxygen atoms in total. The molecule has 0 unspecified atom stereocenters. The highest BCUT2D eigenvalue weighted by Crippen LogP contribution is 2.23. The van der Waals surface area contributed by atoms with Crippen molar-refractivity contribution in [3.8, 4) is 11.5 Å². The molecule has 0 aliphatic rings. The van der Waals surface area contributed by atoms with E-state index in [4.69, 9.17) is 9.84 Å². The second-order valence-corrected chi connectivity index (χ2v) is 4.40. The van der Waals surface area contributed by atoms with Gasteiger partial charge in [-0.25, -0.2) is 0 Å². The molecular formula is C16H14O4. The summed E-state index contributed by atoms with van der Waals surface area (Å²) in [5.41, 5.74) is 1.30. The van der Waals surface area contributed by atoms with Gasteiger partial charge in [0.05, 0.1) is 6.42 Å². The van der Waals surface area contributed by atoms with Crippen molar-refractivity contribution >= 4 is 11.8 Å². The van der Waals surface area contributed by atoms with Crippen LogP contribution in [-0.2, 0) is 11.2 Å². The van der Waals surface area contributed by atoms with Crippen LogP contribution in [0, 0.1) is 0 Å². The van der Waals surface area contributed by atoms with Crippen LogP contribution in [0.3, 0.4) is 0 Å². The number of ketones is 1. The minimum Gasteiger partial charge on any atom is -0.481 e.